The quantitative estimate of drug-likeness (QED) is 0.244. The lowest BCUT2D eigenvalue weighted by Gasteiger charge is -2.46. The predicted molar refractivity (Wildman–Crippen MR) is 163 cm³/mol. The van der Waals surface area contributed by atoms with Crippen molar-refractivity contribution in [2.45, 2.75) is 90.1 Å². The van der Waals surface area contributed by atoms with E-state index in [0.29, 0.717) is 25.8 Å². The first-order valence-electron chi connectivity index (χ1n) is 15.7. The summed E-state index contributed by atoms with van der Waals surface area (Å²) in [4.78, 5) is 55.3. The van der Waals surface area contributed by atoms with Gasteiger partial charge in [0.25, 0.3) is 0 Å². The summed E-state index contributed by atoms with van der Waals surface area (Å²) in [6, 6.07) is 8.00. The van der Waals surface area contributed by atoms with Gasteiger partial charge in [0.1, 0.15) is 17.5 Å². The standard InChI is InChI=1S/C34H46N4O5/c1-20(2)18-26-30(40)36-22(4)29(39)35-17-13-8-6-7-12-16-24-28-33(5,43-28)21(3)27-25(19-23-14-10-9-11-15-23)37-31(41)34(24,27)32(42)38-26/h8-16,20-22,24-28H,6-7,17-19H2,1-5H3,(H,35,39)(H,36,40)(H,37,41)(H,38,42)/b13-8+,16-12+/t21-,22+,24?,25-,26-,27?,28-,33+,34+/m0/s1. The molecule has 3 heterocycles. The highest BCUT2D eigenvalue weighted by molar-refractivity contribution is 6.09. The van der Waals surface area contributed by atoms with Crippen molar-refractivity contribution >= 4 is 23.6 Å². The number of benzene rings is 1. The van der Waals surface area contributed by atoms with E-state index < -0.39 is 40.8 Å². The second-order valence-corrected chi connectivity index (χ2v) is 13.3. The Morgan fingerprint density at radius 1 is 0.907 bits per heavy atom. The molecule has 2 saturated heterocycles. The van der Waals surface area contributed by atoms with E-state index in [-0.39, 0.29) is 41.7 Å². The van der Waals surface area contributed by atoms with Gasteiger partial charge in [0, 0.05) is 24.4 Å². The molecule has 9 nitrogen and oxygen atoms in total. The molecule has 1 aliphatic carbocycles. The molecule has 43 heavy (non-hydrogen) atoms. The Bertz CT molecular complexity index is 1290. The van der Waals surface area contributed by atoms with Gasteiger partial charge in [-0.2, -0.15) is 0 Å². The molecule has 1 aromatic carbocycles. The van der Waals surface area contributed by atoms with Gasteiger partial charge in [-0.15, -0.1) is 0 Å². The number of ether oxygens (including phenoxy) is 1. The van der Waals surface area contributed by atoms with Crippen LogP contribution in [-0.2, 0) is 30.3 Å². The topological polar surface area (TPSA) is 129 Å². The highest BCUT2D eigenvalue weighted by Crippen LogP contribution is 2.65. The van der Waals surface area contributed by atoms with E-state index in [2.05, 4.69) is 35.1 Å². The Kier molecular flexibility index (Phi) is 8.84. The van der Waals surface area contributed by atoms with Crippen LogP contribution in [-0.4, -0.2) is 60.0 Å². The van der Waals surface area contributed by atoms with Gasteiger partial charge in [-0.05, 0) is 56.9 Å². The Balaban J connectivity index is 1.58. The van der Waals surface area contributed by atoms with Gasteiger partial charge in [0.15, 0.2) is 0 Å². The maximum atomic E-state index is 14.8. The molecule has 4 amide bonds. The van der Waals surface area contributed by atoms with E-state index in [1.165, 1.54) is 0 Å². The zero-order valence-electron chi connectivity index (χ0n) is 25.9. The summed E-state index contributed by atoms with van der Waals surface area (Å²) in [6.45, 7) is 10.1. The van der Waals surface area contributed by atoms with Crippen LogP contribution >= 0.6 is 0 Å². The van der Waals surface area contributed by atoms with Crippen LogP contribution in [0.4, 0.5) is 0 Å². The fraction of sp³-hybridized carbons (Fsp3) is 0.588. The van der Waals surface area contributed by atoms with Crippen LogP contribution in [0, 0.1) is 29.1 Å². The lowest BCUT2D eigenvalue weighted by atomic mass is 9.52. The lowest BCUT2D eigenvalue weighted by Crippen LogP contribution is -2.63. The minimum atomic E-state index is -1.46. The molecule has 3 aliphatic heterocycles. The molecule has 9 heteroatoms. The number of rotatable bonds is 4. The maximum Gasteiger partial charge on any atom is 0.243 e. The Labute approximate surface area is 254 Å². The van der Waals surface area contributed by atoms with Crippen LogP contribution in [0.5, 0.6) is 0 Å². The summed E-state index contributed by atoms with van der Waals surface area (Å²) in [6.07, 6.45) is 10.0. The second-order valence-electron chi connectivity index (χ2n) is 13.3. The number of fused-ring (bicyclic) bond motifs is 2. The molecule has 3 fully saturated rings. The normalized spacial score (nSPS) is 39.6. The third kappa shape index (κ3) is 5.76. The van der Waals surface area contributed by atoms with Crippen LogP contribution in [0.1, 0.15) is 59.4 Å². The van der Waals surface area contributed by atoms with Crippen molar-refractivity contribution in [1.82, 2.24) is 21.3 Å². The van der Waals surface area contributed by atoms with Crippen molar-refractivity contribution in [3.8, 4) is 0 Å². The number of nitrogens with one attached hydrogen (secondary N) is 4. The van der Waals surface area contributed by atoms with Crippen molar-refractivity contribution in [2.24, 2.45) is 29.1 Å². The molecule has 1 spiro atoms. The fourth-order valence-electron chi connectivity index (χ4n) is 7.61. The number of amides is 4. The van der Waals surface area contributed by atoms with E-state index in [0.717, 1.165) is 12.0 Å². The summed E-state index contributed by atoms with van der Waals surface area (Å²) in [5.41, 5.74) is -0.841. The van der Waals surface area contributed by atoms with E-state index >= 15 is 0 Å². The Morgan fingerprint density at radius 3 is 2.33 bits per heavy atom. The van der Waals surface area contributed by atoms with Crippen LogP contribution in [0.15, 0.2) is 54.6 Å². The average Bonchev–Trinajstić information content (AvgIpc) is 3.58. The Hall–Kier alpha value is -3.46. The highest BCUT2D eigenvalue weighted by atomic mass is 16.6. The van der Waals surface area contributed by atoms with Crippen molar-refractivity contribution in [2.75, 3.05) is 6.54 Å². The molecule has 0 bridgehead atoms. The molecule has 1 saturated carbocycles. The second kappa shape index (κ2) is 12.3. The summed E-state index contributed by atoms with van der Waals surface area (Å²) in [5.74, 6) is -2.40. The van der Waals surface area contributed by atoms with Crippen molar-refractivity contribution in [3.05, 3.63) is 60.2 Å². The summed E-state index contributed by atoms with van der Waals surface area (Å²) < 4.78 is 6.38. The monoisotopic (exact) mass is 590 g/mol. The number of allylic oxidation sites excluding steroid dienone is 2. The molecule has 5 rings (SSSR count). The van der Waals surface area contributed by atoms with Gasteiger partial charge >= 0.3 is 0 Å². The van der Waals surface area contributed by atoms with Crippen LogP contribution in [0.3, 0.4) is 0 Å². The Morgan fingerprint density at radius 2 is 1.60 bits per heavy atom. The summed E-state index contributed by atoms with van der Waals surface area (Å²) >= 11 is 0. The predicted octanol–water partition coefficient (Wildman–Crippen LogP) is 2.81. The zero-order valence-corrected chi connectivity index (χ0v) is 25.9. The maximum absolute atomic E-state index is 14.8. The van der Waals surface area contributed by atoms with Gasteiger partial charge < -0.3 is 26.0 Å². The van der Waals surface area contributed by atoms with E-state index in [1.807, 2.05) is 68.5 Å². The van der Waals surface area contributed by atoms with Crippen molar-refractivity contribution in [1.29, 1.82) is 0 Å². The minimum absolute atomic E-state index is 0.0759. The number of hydrogen-bond acceptors (Lipinski definition) is 5. The van der Waals surface area contributed by atoms with Gasteiger partial charge in [0.2, 0.25) is 23.6 Å². The van der Waals surface area contributed by atoms with E-state index in [4.69, 9.17) is 4.74 Å². The first kappa shape index (κ1) is 31.0. The number of hydrogen-bond donors (Lipinski definition) is 4. The number of carbonyl (C=O) groups excluding carboxylic acids is 4. The molecule has 4 aliphatic rings. The molecular weight excluding hydrogens is 544 g/mol. The zero-order chi connectivity index (χ0) is 30.9. The van der Waals surface area contributed by atoms with Gasteiger partial charge in [0.05, 0.1) is 11.7 Å². The molecule has 0 radical (unpaired) electrons. The largest absolute Gasteiger partial charge is 0.365 e. The first-order valence-corrected chi connectivity index (χ1v) is 15.7. The van der Waals surface area contributed by atoms with Crippen molar-refractivity contribution < 1.29 is 23.9 Å². The summed E-state index contributed by atoms with van der Waals surface area (Å²) in [5, 5.41) is 11.9. The van der Waals surface area contributed by atoms with Gasteiger partial charge in [-0.1, -0.05) is 75.4 Å². The molecule has 1 aromatic rings. The van der Waals surface area contributed by atoms with Crippen LogP contribution in [0.2, 0.25) is 0 Å². The fourth-order valence-corrected chi connectivity index (χ4v) is 7.61. The third-order valence-corrected chi connectivity index (χ3v) is 9.99. The van der Waals surface area contributed by atoms with E-state index in [9.17, 15) is 19.2 Å². The van der Waals surface area contributed by atoms with Crippen molar-refractivity contribution in [3.63, 3.8) is 0 Å². The number of epoxide rings is 1. The minimum Gasteiger partial charge on any atom is -0.365 e. The molecule has 2 unspecified atom stereocenters. The van der Waals surface area contributed by atoms with Gasteiger partial charge in [-0.25, -0.2) is 0 Å². The van der Waals surface area contributed by atoms with Crippen LogP contribution < -0.4 is 21.3 Å². The van der Waals surface area contributed by atoms with Crippen LogP contribution in [0.25, 0.3) is 0 Å². The molecule has 9 atom stereocenters. The highest BCUT2D eigenvalue weighted by Gasteiger charge is 2.78. The summed E-state index contributed by atoms with van der Waals surface area (Å²) in [7, 11) is 0. The first-order chi connectivity index (χ1) is 20.5. The smallest absolute Gasteiger partial charge is 0.243 e. The number of carbonyl (C=O) groups is 4. The lowest BCUT2D eigenvalue weighted by molar-refractivity contribution is -0.151. The molecule has 232 valence electrons. The molecular formula is C34H46N4O5. The van der Waals surface area contributed by atoms with E-state index in [1.54, 1.807) is 6.92 Å². The third-order valence-electron chi connectivity index (χ3n) is 9.99. The average molecular weight is 591 g/mol. The molecule has 4 N–H and O–H groups in total. The molecule has 0 aromatic heterocycles. The SMILES string of the molecule is CC(C)C[C@@H]1NC(=O)[C@@]23C(=O)N[C@@H](Cc4ccccc4)C2[C@H](C)[C@@]2(C)O[C@H]2C3/C=C/CC/C=C/CNC(=O)[C@@H](C)NC1=O. The van der Waals surface area contributed by atoms with Gasteiger partial charge in [-0.3, -0.25) is 19.2 Å².